The van der Waals surface area contributed by atoms with Crippen LogP contribution in [0.15, 0.2) is 12.1 Å². The summed E-state index contributed by atoms with van der Waals surface area (Å²) in [5.74, 6) is 0. The zero-order chi connectivity index (χ0) is 13.8. The number of nitrogens with zero attached hydrogens (tertiary/aromatic N) is 3. The van der Waals surface area contributed by atoms with E-state index in [1.807, 2.05) is 6.07 Å². The van der Waals surface area contributed by atoms with Crippen molar-refractivity contribution in [2.24, 2.45) is 0 Å². The van der Waals surface area contributed by atoms with Gasteiger partial charge < -0.3 is 16.0 Å². The van der Waals surface area contributed by atoms with Gasteiger partial charge in [-0.15, -0.1) is 0 Å². The van der Waals surface area contributed by atoms with Crippen molar-refractivity contribution >= 4 is 23.3 Å². The molecule has 0 aromatic carbocycles. The second-order valence-corrected chi connectivity index (χ2v) is 4.92. The largest absolute Gasteiger partial charge is 0.399 e. The van der Waals surface area contributed by atoms with Crippen molar-refractivity contribution in [1.82, 2.24) is 20.1 Å². The Balaban J connectivity index is 1.90. The Morgan fingerprint density at radius 1 is 1.42 bits per heavy atom. The second-order valence-electron chi connectivity index (χ2n) is 4.53. The van der Waals surface area contributed by atoms with E-state index in [9.17, 15) is 4.79 Å². The molecule has 2 amide bonds. The molecule has 19 heavy (non-hydrogen) atoms. The highest BCUT2D eigenvalue weighted by Gasteiger charge is 2.20. The van der Waals surface area contributed by atoms with E-state index in [1.165, 1.54) is 0 Å². The standard InChI is InChI=1S/C12H18ClN5O/c1-15-12(19)18-4-2-17(3-5-18)8-10-6-9(14)7-11(13)16-10/h6-7H,2-5,8H2,1H3,(H2,14,16)(H,15,19). The van der Waals surface area contributed by atoms with Crippen LogP contribution in [0, 0.1) is 0 Å². The number of aromatic nitrogens is 1. The number of hydrogen-bond acceptors (Lipinski definition) is 4. The molecule has 1 aliphatic rings. The van der Waals surface area contributed by atoms with E-state index in [0.717, 1.165) is 31.9 Å². The average molecular weight is 284 g/mol. The van der Waals surface area contributed by atoms with E-state index < -0.39 is 0 Å². The Bertz CT molecular complexity index is 439. The summed E-state index contributed by atoms with van der Waals surface area (Å²) in [4.78, 5) is 19.8. The van der Waals surface area contributed by atoms with Crippen molar-refractivity contribution in [3.05, 3.63) is 23.0 Å². The quantitative estimate of drug-likeness (QED) is 0.787. The lowest BCUT2D eigenvalue weighted by molar-refractivity contribution is 0.135. The Morgan fingerprint density at radius 2 is 2.11 bits per heavy atom. The van der Waals surface area contributed by atoms with E-state index in [0.29, 0.717) is 17.4 Å². The van der Waals surface area contributed by atoms with Gasteiger partial charge in [0.05, 0.1) is 5.69 Å². The Kier molecular flexibility index (Phi) is 4.44. The van der Waals surface area contributed by atoms with Crippen LogP contribution in [0.25, 0.3) is 0 Å². The normalized spacial score (nSPS) is 16.4. The molecule has 7 heteroatoms. The molecule has 0 unspecified atom stereocenters. The summed E-state index contributed by atoms with van der Waals surface area (Å²) < 4.78 is 0. The van der Waals surface area contributed by atoms with Crippen molar-refractivity contribution in [3.63, 3.8) is 0 Å². The number of pyridine rings is 1. The summed E-state index contributed by atoms with van der Waals surface area (Å²) >= 11 is 5.88. The zero-order valence-electron chi connectivity index (χ0n) is 10.9. The summed E-state index contributed by atoms with van der Waals surface area (Å²) in [7, 11) is 1.65. The van der Waals surface area contributed by atoms with Crippen LogP contribution >= 0.6 is 11.6 Å². The summed E-state index contributed by atoms with van der Waals surface area (Å²) in [5.41, 5.74) is 7.22. The number of amides is 2. The molecule has 1 aromatic rings. The van der Waals surface area contributed by atoms with Crippen molar-refractivity contribution in [3.8, 4) is 0 Å². The molecule has 1 fully saturated rings. The maximum Gasteiger partial charge on any atom is 0.317 e. The van der Waals surface area contributed by atoms with Crippen LogP contribution in [0.4, 0.5) is 10.5 Å². The number of halogens is 1. The highest BCUT2D eigenvalue weighted by Crippen LogP contribution is 2.14. The lowest BCUT2D eigenvalue weighted by Crippen LogP contribution is -2.50. The summed E-state index contributed by atoms with van der Waals surface area (Å²) in [6.45, 7) is 3.78. The fourth-order valence-electron chi connectivity index (χ4n) is 2.15. The molecule has 1 aliphatic heterocycles. The van der Waals surface area contributed by atoms with Gasteiger partial charge in [-0.05, 0) is 12.1 Å². The summed E-state index contributed by atoms with van der Waals surface area (Å²) in [6.07, 6.45) is 0. The molecule has 2 heterocycles. The second kappa shape index (κ2) is 6.08. The lowest BCUT2D eigenvalue weighted by atomic mass is 10.2. The summed E-state index contributed by atoms with van der Waals surface area (Å²) in [5, 5.41) is 3.05. The van der Waals surface area contributed by atoms with Crippen molar-refractivity contribution in [1.29, 1.82) is 0 Å². The van der Waals surface area contributed by atoms with Crippen LogP contribution in [0.2, 0.25) is 5.15 Å². The fraction of sp³-hybridized carbons (Fsp3) is 0.500. The monoisotopic (exact) mass is 283 g/mol. The van der Waals surface area contributed by atoms with Crippen LogP contribution < -0.4 is 11.1 Å². The number of carbonyl (C=O) groups is 1. The third-order valence-electron chi connectivity index (χ3n) is 3.13. The molecule has 0 bridgehead atoms. The first-order valence-corrected chi connectivity index (χ1v) is 6.57. The van der Waals surface area contributed by atoms with Gasteiger partial charge in [0, 0.05) is 45.5 Å². The number of nitrogen functional groups attached to an aromatic ring is 1. The van der Waals surface area contributed by atoms with Gasteiger partial charge in [0.1, 0.15) is 5.15 Å². The van der Waals surface area contributed by atoms with Gasteiger partial charge in [-0.3, -0.25) is 4.90 Å². The van der Waals surface area contributed by atoms with Gasteiger partial charge >= 0.3 is 6.03 Å². The highest BCUT2D eigenvalue weighted by molar-refractivity contribution is 6.29. The molecule has 2 rings (SSSR count). The zero-order valence-corrected chi connectivity index (χ0v) is 11.7. The molecular formula is C12H18ClN5O. The van der Waals surface area contributed by atoms with Gasteiger partial charge in [0.25, 0.3) is 0 Å². The van der Waals surface area contributed by atoms with E-state index in [4.69, 9.17) is 17.3 Å². The number of carbonyl (C=O) groups excluding carboxylic acids is 1. The van der Waals surface area contributed by atoms with Crippen molar-refractivity contribution in [2.45, 2.75) is 6.54 Å². The molecule has 0 radical (unpaired) electrons. The number of hydrogen-bond donors (Lipinski definition) is 2. The highest BCUT2D eigenvalue weighted by atomic mass is 35.5. The number of rotatable bonds is 2. The SMILES string of the molecule is CNC(=O)N1CCN(Cc2cc(N)cc(Cl)n2)CC1. The van der Waals surface area contributed by atoms with Gasteiger partial charge in [-0.25, -0.2) is 9.78 Å². The molecule has 1 saturated heterocycles. The topological polar surface area (TPSA) is 74.5 Å². The van der Waals surface area contributed by atoms with E-state index in [1.54, 1.807) is 18.0 Å². The summed E-state index contributed by atoms with van der Waals surface area (Å²) in [6, 6.07) is 3.44. The Morgan fingerprint density at radius 3 is 2.68 bits per heavy atom. The molecule has 3 N–H and O–H groups in total. The van der Waals surface area contributed by atoms with Crippen LogP contribution in [0.5, 0.6) is 0 Å². The molecule has 0 spiro atoms. The Hall–Kier alpha value is -1.53. The number of anilines is 1. The molecule has 0 saturated carbocycles. The third kappa shape index (κ3) is 3.71. The van der Waals surface area contributed by atoms with Gasteiger partial charge in [0.2, 0.25) is 0 Å². The minimum absolute atomic E-state index is 0.0234. The molecule has 0 atom stereocenters. The van der Waals surface area contributed by atoms with Gasteiger partial charge in [-0.1, -0.05) is 11.6 Å². The molecular weight excluding hydrogens is 266 g/mol. The molecule has 1 aromatic heterocycles. The molecule has 0 aliphatic carbocycles. The van der Waals surface area contributed by atoms with Gasteiger partial charge in [-0.2, -0.15) is 0 Å². The molecule has 6 nitrogen and oxygen atoms in total. The lowest BCUT2D eigenvalue weighted by Gasteiger charge is -2.34. The first kappa shape index (κ1) is 13.9. The maximum absolute atomic E-state index is 11.5. The van der Waals surface area contributed by atoms with Crippen LogP contribution in [-0.4, -0.2) is 54.0 Å². The minimum atomic E-state index is -0.0234. The molecule has 104 valence electrons. The maximum atomic E-state index is 11.5. The van der Waals surface area contributed by atoms with Crippen molar-refractivity contribution < 1.29 is 4.79 Å². The van der Waals surface area contributed by atoms with Crippen molar-refractivity contribution in [2.75, 3.05) is 39.0 Å². The number of urea groups is 1. The van der Waals surface area contributed by atoms with E-state index >= 15 is 0 Å². The van der Waals surface area contributed by atoms with Crippen LogP contribution in [0.1, 0.15) is 5.69 Å². The first-order chi connectivity index (χ1) is 9.08. The van der Waals surface area contributed by atoms with Crippen LogP contribution in [0.3, 0.4) is 0 Å². The predicted molar refractivity (Wildman–Crippen MR) is 75.0 cm³/mol. The smallest absolute Gasteiger partial charge is 0.317 e. The van der Waals surface area contributed by atoms with Gasteiger partial charge in [0.15, 0.2) is 0 Å². The van der Waals surface area contributed by atoms with E-state index in [-0.39, 0.29) is 6.03 Å². The first-order valence-electron chi connectivity index (χ1n) is 6.19. The van der Waals surface area contributed by atoms with E-state index in [2.05, 4.69) is 15.2 Å². The fourth-order valence-corrected chi connectivity index (χ4v) is 2.39. The number of nitrogens with one attached hydrogen (secondary N) is 1. The average Bonchev–Trinajstić information content (AvgIpc) is 2.37. The minimum Gasteiger partial charge on any atom is -0.399 e. The number of nitrogens with two attached hydrogens (primary N) is 1. The Labute approximate surface area is 117 Å². The third-order valence-corrected chi connectivity index (χ3v) is 3.32. The predicted octanol–water partition coefficient (Wildman–Crippen LogP) is 0.774. The number of piperazine rings is 1. The van der Waals surface area contributed by atoms with Crippen LogP contribution in [-0.2, 0) is 6.54 Å².